The molecule has 0 spiro atoms. The molecular formula is C12H21N3O2. The number of aliphatic hydroxyl groups excluding tert-OH is 1. The Labute approximate surface area is 102 Å². The molecule has 0 aromatic carbocycles. The molecule has 0 saturated carbocycles. The summed E-state index contributed by atoms with van der Waals surface area (Å²) in [6.45, 7) is 4.47. The van der Waals surface area contributed by atoms with Crippen molar-refractivity contribution in [3.63, 3.8) is 0 Å². The summed E-state index contributed by atoms with van der Waals surface area (Å²) < 4.78 is 1.46. The van der Waals surface area contributed by atoms with E-state index in [4.69, 9.17) is 0 Å². The molecule has 5 nitrogen and oxygen atoms in total. The number of aryl methyl sites for hydroxylation is 1. The first-order chi connectivity index (χ1) is 8.10. The van der Waals surface area contributed by atoms with E-state index in [-0.39, 0.29) is 11.5 Å². The van der Waals surface area contributed by atoms with Gasteiger partial charge in [-0.05, 0) is 5.92 Å². The van der Waals surface area contributed by atoms with Crippen LogP contribution in [0.5, 0.6) is 0 Å². The minimum absolute atomic E-state index is 0.177. The molecule has 0 aliphatic rings. The molecule has 0 saturated heterocycles. The normalized spacial score (nSPS) is 12.8. The van der Waals surface area contributed by atoms with Crippen LogP contribution in [0.15, 0.2) is 17.2 Å². The Bertz CT molecular complexity index is 399. The molecular weight excluding hydrogens is 218 g/mol. The summed E-state index contributed by atoms with van der Waals surface area (Å²) in [4.78, 5) is 15.6. The summed E-state index contributed by atoms with van der Waals surface area (Å²) >= 11 is 0. The Balaban J connectivity index is 2.61. The first-order valence-electron chi connectivity index (χ1n) is 6.03. The van der Waals surface area contributed by atoms with E-state index < -0.39 is 6.10 Å². The van der Waals surface area contributed by atoms with Gasteiger partial charge in [0.05, 0.1) is 6.10 Å². The second-order valence-electron chi connectivity index (χ2n) is 4.22. The van der Waals surface area contributed by atoms with Crippen LogP contribution >= 0.6 is 0 Å². The minimum atomic E-state index is -0.447. The second-order valence-corrected chi connectivity index (χ2v) is 4.22. The summed E-state index contributed by atoms with van der Waals surface area (Å²) in [6, 6.07) is 0. The summed E-state index contributed by atoms with van der Waals surface area (Å²) in [5.41, 5.74) is -0.177. The molecule has 1 atom stereocenters. The van der Waals surface area contributed by atoms with Gasteiger partial charge < -0.3 is 15.0 Å². The maximum absolute atomic E-state index is 11.6. The standard InChI is InChI=1S/C12H21N3O2/c1-4-9(5-2)10(16)8-14-11-12(17)15(3)7-6-13-11/h6-7,9-10,16H,4-5,8H2,1-3H3,(H,13,14). The monoisotopic (exact) mass is 239 g/mol. The lowest BCUT2D eigenvalue weighted by molar-refractivity contribution is 0.114. The van der Waals surface area contributed by atoms with Gasteiger partial charge in [-0.2, -0.15) is 0 Å². The zero-order valence-electron chi connectivity index (χ0n) is 10.7. The smallest absolute Gasteiger partial charge is 0.293 e. The molecule has 96 valence electrons. The third-order valence-electron chi connectivity index (χ3n) is 3.09. The van der Waals surface area contributed by atoms with Gasteiger partial charge in [0.15, 0.2) is 5.82 Å². The number of nitrogens with one attached hydrogen (secondary N) is 1. The summed E-state index contributed by atoms with van der Waals surface area (Å²) in [7, 11) is 1.67. The molecule has 1 rings (SSSR count). The van der Waals surface area contributed by atoms with E-state index in [1.165, 1.54) is 4.57 Å². The van der Waals surface area contributed by atoms with Crippen molar-refractivity contribution in [2.24, 2.45) is 13.0 Å². The van der Waals surface area contributed by atoms with Crippen LogP contribution in [0.3, 0.4) is 0 Å². The van der Waals surface area contributed by atoms with E-state index >= 15 is 0 Å². The predicted octanol–water partition coefficient (Wildman–Crippen LogP) is 0.989. The van der Waals surface area contributed by atoms with Crippen LogP contribution in [-0.2, 0) is 7.05 Å². The number of hydrogen-bond acceptors (Lipinski definition) is 4. The third kappa shape index (κ3) is 3.56. The highest BCUT2D eigenvalue weighted by atomic mass is 16.3. The molecule has 1 aromatic rings. The molecule has 1 heterocycles. The van der Waals surface area contributed by atoms with Crippen molar-refractivity contribution < 1.29 is 5.11 Å². The highest BCUT2D eigenvalue weighted by molar-refractivity contribution is 5.30. The average molecular weight is 239 g/mol. The van der Waals surface area contributed by atoms with Crippen molar-refractivity contribution in [3.8, 4) is 0 Å². The lowest BCUT2D eigenvalue weighted by Crippen LogP contribution is -2.31. The highest BCUT2D eigenvalue weighted by Gasteiger charge is 2.15. The summed E-state index contributed by atoms with van der Waals surface area (Å²) in [6.07, 6.45) is 4.58. The van der Waals surface area contributed by atoms with Gasteiger partial charge in [0, 0.05) is 26.0 Å². The SMILES string of the molecule is CCC(CC)C(O)CNc1nccn(C)c1=O. The van der Waals surface area contributed by atoms with Crippen LogP contribution in [-0.4, -0.2) is 27.3 Å². The maximum Gasteiger partial charge on any atom is 0.293 e. The molecule has 0 aliphatic heterocycles. The van der Waals surface area contributed by atoms with Crippen molar-refractivity contribution >= 4 is 5.82 Å². The van der Waals surface area contributed by atoms with Crippen molar-refractivity contribution in [2.75, 3.05) is 11.9 Å². The molecule has 2 N–H and O–H groups in total. The predicted molar refractivity (Wildman–Crippen MR) is 68.0 cm³/mol. The van der Waals surface area contributed by atoms with Crippen molar-refractivity contribution in [3.05, 3.63) is 22.7 Å². The molecule has 0 bridgehead atoms. The van der Waals surface area contributed by atoms with Gasteiger partial charge in [-0.25, -0.2) is 4.98 Å². The van der Waals surface area contributed by atoms with E-state index in [2.05, 4.69) is 24.1 Å². The number of hydrogen-bond donors (Lipinski definition) is 2. The van der Waals surface area contributed by atoms with Gasteiger partial charge in [-0.15, -0.1) is 0 Å². The molecule has 1 aromatic heterocycles. The van der Waals surface area contributed by atoms with Gasteiger partial charge in [-0.1, -0.05) is 26.7 Å². The molecule has 0 radical (unpaired) electrons. The quantitative estimate of drug-likeness (QED) is 0.777. The number of aliphatic hydroxyl groups is 1. The second kappa shape index (κ2) is 6.39. The highest BCUT2D eigenvalue weighted by Crippen LogP contribution is 2.12. The van der Waals surface area contributed by atoms with Crippen LogP contribution in [0, 0.1) is 5.92 Å². The number of anilines is 1. The third-order valence-corrected chi connectivity index (χ3v) is 3.09. The molecule has 5 heteroatoms. The van der Waals surface area contributed by atoms with E-state index in [1.54, 1.807) is 19.4 Å². The van der Waals surface area contributed by atoms with Crippen LogP contribution < -0.4 is 10.9 Å². The zero-order chi connectivity index (χ0) is 12.8. The minimum Gasteiger partial charge on any atom is -0.391 e. The first-order valence-corrected chi connectivity index (χ1v) is 6.03. The van der Waals surface area contributed by atoms with Crippen molar-refractivity contribution in [1.82, 2.24) is 9.55 Å². The molecule has 17 heavy (non-hydrogen) atoms. The molecule has 0 aliphatic carbocycles. The first kappa shape index (κ1) is 13.7. The summed E-state index contributed by atoms with van der Waals surface area (Å²) in [5.74, 6) is 0.551. The van der Waals surface area contributed by atoms with Crippen LogP contribution in [0.25, 0.3) is 0 Å². The number of aromatic nitrogens is 2. The van der Waals surface area contributed by atoms with Gasteiger partial charge in [0.25, 0.3) is 5.56 Å². The number of rotatable bonds is 6. The van der Waals surface area contributed by atoms with Gasteiger partial charge in [0.2, 0.25) is 0 Å². The molecule has 0 amide bonds. The van der Waals surface area contributed by atoms with Crippen molar-refractivity contribution in [1.29, 1.82) is 0 Å². The van der Waals surface area contributed by atoms with E-state index in [0.29, 0.717) is 12.4 Å². The van der Waals surface area contributed by atoms with Gasteiger partial charge in [-0.3, -0.25) is 4.79 Å². The average Bonchev–Trinajstić information content (AvgIpc) is 2.32. The largest absolute Gasteiger partial charge is 0.391 e. The Hall–Kier alpha value is -1.36. The van der Waals surface area contributed by atoms with Gasteiger partial charge in [0.1, 0.15) is 0 Å². The molecule has 0 fully saturated rings. The zero-order valence-corrected chi connectivity index (χ0v) is 10.7. The molecule has 1 unspecified atom stereocenters. The van der Waals surface area contributed by atoms with Crippen LogP contribution in [0.1, 0.15) is 26.7 Å². The Kier molecular flexibility index (Phi) is 5.15. The van der Waals surface area contributed by atoms with E-state index in [0.717, 1.165) is 12.8 Å². The van der Waals surface area contributed by atoms with Crippen molar-refractivity contribution in [2.45, 2.75) is 32.8 Å². The topological polar surface area (TPSA) is 67.2 Å². The maximum atomic E-state index is 11.6. The Morgan fingerprint density at radius 2 is 2.12 bits per heavy atom. The Morgan fingerprint density at radius 1 is 1.47 bits per heavy atom. The lowest BCUT2D eigenvalue weighted by atomic mass is 9.97. The fourth-order valence-electron chi connectivity index (χ4n) is 1.82. The fraction of sp³-hybridized carbons (Fsp3) is 0.667. The van der Waals surface area contributed by atoms with Crippen LogP contribution in [0.2, 0.25) is 0 Å². The van der Waals surface area contributed by atoms with Gasteiger partial charge >= 0.3 is 0 Å². The number of nitrogens with zero attached hydrogens (tertiary/aromatic N) is 2. The Morgan fingerprint density at radius 3 is 2.71 bits per heavy atom. The van der Waals surface area contributed by atoms with E-state index in [1.807, 2.05) is 0 Å². The summed E-state index contributed by atoms with van der Waals surface area (Å²) in [5, 5.41) is 12.8. The van der Waals surface area contributed by atoms with E-state index in [9.17, 15) is 9.90 Å². The lowest BCUT2D eigenvalue weighted by Gasteiger charge is -2.20. The van der Waals surface area contributed by atoms with Crippen LogP contribution in [0.4, 0.5) is 5.82 Å². The fourth-order valence-corrected chi connectivity index (χ4v) is 1.82.